The van der Waals surface area contributed by atoms with Crippen LogP contribution in [-0.4, -0.2) is 51.5 Å². The highest BCUT2D eigenvalue weighted by atomic mass is 16.6. The molecule has 3 unspecified atom stereocenters. The fourth-order valence-electron chi connectivity index (χ4n) is 3.44. The minimum Gasteiger partial charge on any atom is -0.459 e. The summed E-state index contributed by atoms with van der Waals surface area (Å²) >= 11 is 0. The number of nitrogens with one attached hydrogen (secondary N) is 1. The number of rotatable bonds is 6. The Balaban J connectivity index is 1.56. The molecule has 1 saturated heterocycles. The van der Waals surface area contributed by atoms with Crippen LogP contribution in [0, 0.1) is 0 Å². The van der Waals surface area contributed by atoms with Gasteiger partial charge in [0.05, 0.1) is 11.1 Å². The van der Waals surface area contributed by atoms with Crippen LogP contribution >= 0.6 is 0 Å². The van der Waals surface area contributed by atoms with E-state index in [1.807, 2.05) is 0 Å². The van der Waals surface area contributed by atoms with Crippen LogP contribution in [0.5, 0.6) is 0 Å². The summed E-state index contributed by atoms with van der Waals surface area (Å²) in [5.41, 5.74) is -0.887. The number of aromatic nitrogens is 2. The van der Waals surface area contributed by atoms with Crippen LogP contribution in [-0.2, 0) is 14.2 Å². The molecule has 0 amide bonds. The lowest BCUT2D eigenvalue weighted by molar-refractivity contribution is -0.0614. The molecule has 33 heavy (non-hydrogen) atoms. The summed E-state index contributed by atoms with van der Waals surface area (Å²) in [5, 5.41) is 10.8. The third-order valence-corrected chi connectivity index (χ3v) is 5.08. The molecule has 1 aromatic heterocycles. The predicted molar refractivity (Wildman–Crippen MR) is 114 cm³/mol. The summed E-state index contributed by atoms with van der Waals surface area (Å²) < 4.78 is 17.5. The van der Waals surface area contributed by atoms with E-state index in [1.165, 1.54) is 0 Å². The van der Waals surface area contributed by atoms with Gasteiger partial charge >= 0.3 is 17.6 Å². The van der Waals surface area contributed by atoms with Gasteiger partial charge in [0.2, 0.25) is 0 Å². The molecule has 2 N–H and O–H groups in total. The Morgan fingerprint density at radius 2 is 1.55 bits per heavy atom. The highest BCUT2D eigenvalue weighted by Crippen LogP contribution is 2.31. The maximum atomic E-state index is 12.6. The second-order valence-electron chi connectivity index (χ2n) is 7.27. The summed E-state index contributed by atoms with van der Waals surface area (Å²) in [6.45, 7) is -0.355. The van der Waals surface area contributed by atoms with E-state index >= 15 is 0 Å². The Bertz CT molecular complexity index is 1240. The van der Waals surface area contributed by atoms with Crippen molar-refractivity contribution in [2.24, 2.45) is 0 Å². The number of hydrogen-bond acceptors (Lipinski definition) is 8. The molecular weight excluding hydrogens is 432 g/mol. The van der Waals surface area contributed by atoms with Crippen LogP contribution in [0.15, 0.2) is 82.5 Å². The lowest BCUT2D eigenvalue weighted by Crippen LogP contribution is -2.40. The molecule has 2 aromatic carbocycles. The molecule has 0 radical (unpaired) electrons. The van der Waals surface area contributed by atoms with Gasteiger partial charge in [-0.3, -0.25) is 14.3 Å². The molecule has 170 valence electrons. The number of H-pyrrole nitrogens is 1. The topological polar surface area (TPSA) is 137 Å². The summed E-state index contributed by atoms with van der Waals surface area (Å²) in [7, 11) is 0. The van der Waals surface area contributed by atoms with E-state index in [0.29, 0.717) is 5.56 Å². The number of carbonyl (C=O) groups excluding carboxylic acids is 2. The Morgan fingerprint density at radius 3 is 2.15 bits per heavy atom. The molecule has 4 rings (SSSR count). The van der Waals surface area contributed by atoms with Crippen molar-refractivity contribution in [1.29, 1.82) is 0 Å². The molecule has 1 aliphatic heterocycles. The van der Waals surface area contributed by atoms with Gasteiger partial charge in [-0.2, -0.15) is 0 Å². The van der Waals surface area contributed by atoms with Gasteiger partial charge in [0, 0.05) is 12.3 Å². The zero-order valence-electron chi connectivity index (χ0n) is 17.2. The van der Waals surface area contributed by atoms with Crippen molar-refractivity contribution in [3.63, 3.8) is 0 Å². The van der Waals surface area contributed by atoms with Crippen molar-refractivity contribution in [3.8, 4) is 0 Å². The average molecular weight is 452 g/mol. The lowest BCUT2D eigenvalue weighted by Gasteiger charge is -2.20. The van der Waals surface area contributed by atoms with Crippen molar-refractivity contribution in [3.05, 3.63) is 105 Å². The zero-order chi connectivity index (χ0) is 23.4. The second-order valence-corrected chi connectivity index (χ2v) is 7.27. The Labute approximate surface area is 187 Å². The van der Waals surface area contributed by atoms with Crippen molar-refractivity contribution in [2.45, 2.75) is 24.5 Å². The summed E-state index contributed by atoms with van der Waals surface area (Å²) in [4.78, 5) is 50.6. The van der Waals surface area contributed by atoms with Gasteiger partial charge in [0.1, 0.15) is 18.8 Å². The molecule has 0 bridgehead atoms. The maximum Gasteiger partial charge on any atom is 0.338 e. The number of carbonyl (C=O) groups is 2. The van der Waals surface area contributed by atoms with Gasteiger partial charge in [0.15, 0.2) is 12.3 Å². The van der Waals surface area contributed by atoms with Gasteiger partial charge < -0.3 is 19.3 Å². The van der Waals surface area contributed by atoms with Crippen molar-refractivity contribution >= 4 is 11.9 Å². The van der Waals surface area contributed by atoms with E-state index in [-0.39, 0.29) is 12.2 Å². The van der Waals surface area contributed by atoms with Crippen molar-refractivity contribution in [2.75, 3.05) is 6.61 Å². The molecule has 0 saturated carbocycles. The van der Waals surface area contributed by atoms with E-state index in [9.17, 15) is 24.3 Å². The van der Waals surface area contributed by atoms with E-state index in [4.69, 9.17) is 14.2 Å². The van der Waals surface area contributed by atoms with Crippen LogP contribution < -0.4 is 11.2 Å². The fourth-order valence-corrected chi connectivity index (χ4v) is 3.44. The standard InChI is InChI=1S/C23H20N2O8/c26-17-11-12-25(23(30)24-17)20-18(27)19(33-22(29)15-9-5-2-6-10-15)16(32-20)13-31-21(28)14-7-3-1-4-8-14/h1-12,16,18-20,27H,13H2,(H,24,26,30)/t16-,18?,19?,20?/m0/s1. The smallest absolute Gasteiger partial charge is 0.338 e. The number of aliphatic hydroxyl groups excluding tert-OH is 1. The van der Waals surface area contributed by atoms with Crippen LogP contribution in [0.4, 0.5) is 0 Å². The number of aromatic amines is 1. The highest BCUT2D eigenvalue weighted by Gasteiger charge is 2.48. The summed E-state index contributed by atoms with van der Waals surface area (Å²) in [5.74, 6) is -1.36. The third kappa shape index (κ3) is 4.92. The number of esters is 2. The van der Waals surface area contributed by atoms with Crippen LogP contribution in [0.25, 0.3) is 0 Å². The minimum absolute atomic E-state index is 0.245. The first kappa shape index (κ1) is 22.2. The third-order valence-electron chi connectivity index (χ3n) is 5.08. The summed E-state index contributed by atoms with van der Waals surface area (Å²) in [6, 6.07) is 17.5. The predicted octanol–water partition coefficient (Wildman–Crippen LogP) is 0.878. The van der Waals surface area contributed by atoms with Crippen LogP contribution in [0.3, 0.4) is 0 Å². The number of hydrogen-bond donors (Lipinski definition) is 2. The van der Waals surface area contributed by atoms with Gasteiger partial charge in [0.25, 0.3) is 5.56 Å². The molecule has 4 atom stereocenters. The van der Waals surface area contributed by atoms with Crippen LogP contribution in [0.1, 0.15) is 26.9 Å². The van der Waals surface area contributed by atoms with Gasteiger partial charge in [-0.05, 0) is 24.3 Å². The Kier molecular flexibility index (Phi) is 6.48. The number of benzene rings is 2. The lowest BCUT2D eigenvalue weighted by atomic mass is 10.1. The molecule has 0 spiro atoms. The van der Waals surface area contributed by atoms with Gasteiger partial charge in [-0.1, -0.05) is 36.4 Å². The SMILES string of the molecule is O=C(OC[C@@H]1OC(n2ccc(=O)[nH]c2=O)C(O)C1OC(=O)c1ccccc1)c1ccccc1. The first-order chi connectivity index (χ1) is 15.9. The van der Waals surface area contributed by atoms with E-state index < -0.39 is 47.7 Å². The Hall–Kier alpha value is -4.02. The van der Waals surface area contributed by atoms with E-state index in [0.717, 1.165) is 16.8 Å². The zero-order valence-corrected chi connectivity index (χ0v) is 17.2. The molecular formula is C23H20N2O8. The molecule has 10 nitrogen and oxygen atoms in total. The monoisotopic (exact) mass is 452 g/mol. The van der Waals surface area contributed by atoms with Crippen molar-refractivity contribution < 1.29 is 28.9 Å². The normalized spacial score (nSPS) is 22.0. The number of ether oxygens (including phenoxy) is 3. The summed E-state index contributed by atoms with van der Waals surface area (Å²) in [6.07, 6.45) is -3.96. The maximum absolute atomic E-state index is 12.6. The van der Waals surface area contributed by atoms with Crippen LogP contribution in [0.2, 0.25) is 0 Å². The molecule has 1 aliphatic rings. The molecule has 10 heteroatoms. The van der Waals surface area contributed by atoms with E-state index in [2.05, 4.69) is 4.98 Å². The highest BCUT2D eigenvalue weighted by molar-refractivity contribution is 5.90. The number of nitrogens with zero attached hydrogens (tertiary/aromatic N) is 1. The number of aliphatic hydroxyl groups is 1. The molecule has 2 heterocycles. The minimum atomic E-state index is -1.48. The van der Waals surface area contributed by atoms with Crippen molar-refractivity contribution in [1.82, 2.24) is 9.55 Å². The molecule has 3 aromatic rings. The van der Waals surface area contributed by atoms with Gasteiger partial charge in [-0.25, -0.2) is 14.4 Å². The average Bonchev–Trinajstić information content (AvgIpc) is 3.13. The first-order valence-electron chi connectivity index (χ1n) is 10.1. The fraction of sp³-hybridized carbons (Fsp3) is 0.217. The molecule has 0 aliphatic carbocycles. The first-order valence-corrected chi connectivity index (χ1v) is 10.1. The van der Waals surface area contributed by atoms with E-state index in [1.54, 1.807) is 60.7 Å². The quantitative estimate of drug-likeness (QED) is 0.526. The van der Waals surface area contributed by atoms with Gasteiger partial charge in [-0.15, -0.1) is 0 Å². The molecule has 1 fully saturated rings. The second kappa shape index (κ2) is 9.63. The largest absolute Gasteiger partial charge is 0.459 e. The Morgan fingerprint density at radius 1 is 0.939 bits per heavy atom.